The molecular weight excluding hydrogens is 296 g/mol. The molecule has 0 saturated carbocycles. The molecule has 114 valence electrons. The van der Waals surface area contributed by atoms with Crippen molar-refractivity contribution in [3.05, 3.63) is 84.3 Å². The molecule has 24 heavy (non-hydrogen) atoms. The van der Waals surface area contributed by atoms with Gasteiger partial charge in [0.1, 0.15) is 5.69 Å². The molecule has 0 aliphatic heterocycles. The number of hydrogen-bond acceptors (Lipinski definition) is 3. The fourth-order valence-electron chi connectivity index (χ4n) is 3.37. The Hall–Kier alpha value is -3.20. The van der Waals surface area contributed by atoms with Crippen LogP contribution in [-0.2, 0) is 6.42 Å². The first-order valence-corrected chi connectivity index (χ1v) is 7.97. The normalized spacial score (nSPS) is 12.0. The second-order valence-electron chi connectivity index (χ2n) is 5.91. The maximum atomic E-state index is 5.58. The summed E-state index contributed by atoms with van der Waals surface area (Å²) >= 11 is 0. The molecule has 3 heteroatoms. The van der Waals surface area contributed by atoms with Crippen molar-refractivity contribution >= 4 is 0 Å². The lowest BCUT2D eigenvalue weighted by molar-refractivity contribution is 0.580. The van der Waals surface area contributed by atoms with Gasteiger partial charge in [0.2, 0.25) is 0 Å². The standard InChI is InChI=1S/C21H14N2O/c1-2-7-15-14(6-1)12-17-16(18-8-3-4-10-22-18)13-19(23-21(15)17)20-9-5-11-24-20/h1-11,13H,12H2. The molecular formula is C21H14N2O. The predicted molar refractivity (Wildman–Crippen MR) is 93.4 cm³/mol. The number of hydrogen-bond donors (Lipinski definition) is 0. The lowest BCUT2D eigenvalue weighted by Gasteiger charge is -2.10. The zero-order chi connectivity index (χ0) is 15.9. The topological polar surface area (TPSA) is 38.9 Å². The molecule has 4 aromatic rings. The lowest BCUT2D eigenvalue weighted by Crippen LogP contribution is -1.95. The van der Waals surface area contributed by atoms with E-state index in [2.05, 4.69) is 35.3 Å². The fraction of sp³-hybridized carbons (Fsp3) is 0.0476. The Bertz CT molecular complexity index is 1020. The quantitative estimate of drug-likeness (QED) is 0.462. The van der Waals surface area contributed by atoms with E-state index >= 15 is 0 Å². The zero-order valence-electron chi connectivity index (χ0n) is 12.9. The summed E-state index contributed by atoms with van der Waals surface area (Å²) in [6.45, 7) is 0. The summed E-state index contributed by atoms with van der Waals surface area (Å²) in [5, 5.41) is 0. The third-order valence-electron chi connectivity index (χ3n) is 4.48. The van der Waals surface area contributed by atoms with Gasteiger partial charge in [-0.3, -0.25) is 4.98 Å². The number of rotatable bonds is 2. The van der Waals surface area contributed by atoms with Gasteiger partial charge in [0, 0.05) is 23.7 Å². The van der Waals surface area contributed by atoms with E-state index in [1.54, 1.807) is 6.26 Å². The van der Waals surface area contributed by atoms with Crippen LogP contribution in [0.5, 0.6) is 0 Å². The summed E-state index contributed by atoms with van der Waals surface area (Å²) in [6.07, 6.45) is 4.40. The fourth-order valence-corrected chi connectivity index (χ4v) is 3.37. The van der Waals surface area contributed by atoms with Crippen molar-refractivity contribution in [2.75, 3.05) is 0 Å². The van der Waals surface area contributed by atoms with Gasteiger partial charge < -0.3 is 4.42 Å². The van der Waals surface area contributed by atoms with Gasteiger partial charge in [0.05, 0.1) is 17.7 Å². The number of pyridine rings is 2. The monoisotopic (exact) mass is 310 g/mol. The number of furan rings is 1. The highest BCUT2D eigenvalue weighted by molar-refractivity contribution is 5.84. The molecule has 3 aromatic heterocycles. The van der Waals surface area contributed by atoms with Crippen LogP contribution in [0.25, 0.3) is 34.0 Å². The van der Waals surface area contributed by atoms with E-state index in [9.17, 15) is 0 Å². The highest BCUT2D eigenvalue weighted by atomic mass is 16.3. The Morgan fingerprint density at radius 2 is 1.75 bits per heavy atom. The predicted octanol–water partition coefficient (Wildman–Crippen LogP) is 4.97. The van der Waals surface area contributed by atoms with E-state index in [4.69, 9.17) is 9.40 Å². The molecule has 0 radical (unpaired) electrons. The highest BCUT2D eigenvalue weighted by Crippen LogP contribution is 2.41. The Labute approximate surface area is 139 Å². The lowest BCUT2D eigenvalue weighted by atomic mass is 10.0. The summed E-state index contributed by atoms with van der Waals surface area (Å²) in [5.41, 5.74) is 7.74. The summed E-state index contributed by atoms with van der Waals surface area (Å²) in [6, 6.07) is 20.4. The number of fused-ring (bicyclic) bond motifs is 3. The molecule has 0 atom stereocenters. The first-order chi connectivity index (χ1) is 11.9. The Morgan fingerprint density at radius 3 is 2.58 bits per heavy atom. The third kappa shape index (κ3) is 1.98. The molecule has 0 bridgehead atoms. The average molecular weight is 310 g/mol. The summed E-state index contributed by atoms with van der Waals surface area (Å²) in [7, 11) is 0. The molecule has 0 spiro atoms. The molecule has 0 saturated heterocycles. The van der Waals surface area contributed by atoms with Crippen molar-refractivity contribution in [1.29, 1.82) is 0 Å². The summed E-state index contributed by atoms with van der Waals surface area (Å²) in [5.74, 6) is 0.777. The molecule has 3 heterocycles. The average Bonchev–Trinajstić information content (AvgIpc) is 3.29. The van der Waals surface area contributed by atoms with Crippen LogP contribution in [-0.4, -0.2) is 9.97 Å². The molecule has 1 aliphatic rings. The summed E-state index contributed by atoms with van der Waals surface area (Å²) < 4.78 is 5.58. The largest absolute Gasteiger partial charge is 0.463 e. The van der Waals surface area contributed by atoms with Crippen molar-refractivity contribution in [2.24, 2.45) is 0 Å². The van der Waals surface area contributed by atoms with E-state index in [0.29, 0.717) is 0 Å². The van der Waals surface area contributed by atoms with Crippen LogP contribution < -0.4 is 0 Å². The van der Waals surface area contributed by atoms with Gasteiger partial charge in [-0.1, -0.05) is 30.3 Å². The van der Waals surface area contributed by atoms with Gasteiger partial charge >= 0.3 is 0 Å². The van der Waals surface area contributed by atoms with Gasteiger partial charge in [-0.05, 0) is 41.5 Å². The molecule has 0 unspecified atom stereocenters. The van der Waals surface area contributed by atoms with Crippen molar-refractivity contribution in [1.82, 2.24) is 9.97 Å². The Kier molecular flexibility index (Phi) is 2.85. The second kappa shape index (κ2) is 5.17. The minimum absolute atomic E-state index is 0.777. The highest BCUT2D eigenvalue weighted by Gasteiger charge is 2.25. The smallest absolute Gasteiger partial charge is 0.152 e. The van der Waals surface area contributed by atoms with Gasteiger partial charge in [-0.2, -0.15) is 0 Å². The first-order valence-electron chi connectivity index (χ1n) is 7.97. The van der Waals surface area contributed by atoms with E-state index in [-0.39, 0.29) is 0 Å². The van der Waals surface area contributed by atoms with Crippen LogP contribution >= 0.6 is 0 Å². The van der Waals surface area contributed by atoms with Gasteiger partial charge in [0.25, 0.3) is 0 Å². The molecule has 0 fully saturated rings. The molecule has 0 N–H and O–H groups in total. The van der Waals surface area contributed by atoms with E-state index in [0.717, 1.165) is 34.8 Å². The maximum Gasteiger partial charge on any atom is 0.152 e. The van der Waals surface area contributed by atoms with Gasteiger partial charge in [-0.25, -0.2) is 4.98 Å². The van der Waals surface area contributed by atoms with Crippen molar-refractivity contribution in [2.45, 2.75) is 6.42 Å². The van der Waals surface area contributed by atoms with Crippen LogP contribution in [0.2, 0.25) is 0 Å². The third-order valence-corrected chi connectivity index (χ3v) is 4.48. The maximum absolute atomic E-state index is 5.58. The molecule has 5 rings (SSSR count). The van der Waals surface area contributed by atoms with Crippen LogP contribution in [0.15, 0.2) is 77.5 Å². The number of nitrogens with zero attached hydrogens (tertiary/aromatic N) is 2. The van der Waals surface area contributed by atoms with Crippen LogP contribution in [0.1, 0.15) is 11.1 Å². The number of aromatic nitrogens is 2. The van der Waals surface area contributed by atoms with Crippen molar-refractivity contribution in [3.63, 3.8) is 0 Å². The van der Waals surface area contributed by atoms with Crippen LogP contribution in [0.4, 0.5) is 0 Å². The number of benzene rings is 1. The SMILES string of the molecule is c1ccc(-c2cc(-c3ccco3)nc3c2Cc2ccccc2-3)nc1. The van der Waals surface area contributed by atoms with Crippen molar-refractivity contribution < 1.29 is 4.42 Å². The zero-order valence-corrected chi connectivity index (χ0v) is 12.9. The molecule has 3 nitrogen and oxygen atoms in total. The first kappa shape index (κ1) is 13.3. The molecule has 1 aromatic carbocycles. The minimum Gasteiger partial charge on any atom is -0.463 e. The van der Waals surface area contributed by atoms with E-state index in [1.807, 2.05) is 36.5 Å². The Morgan fingerprint density at radius 1 is 0.833 bits per heavy atom. The molecule has 0 amide bonds. The van der Waals surface area contributed by atoms with Crippen LogP contribution in [0.3, 0.4) is 0 Å². The Balaban J connectivity index is 1.81. The van der Waals surface area contributed by atoms with E-state index < -0.39 is 0 Å². The van der Waals surface area contributed by atoms with Crippen molar-refractivity contribution in [3.8, 4) is 34.0 Å². The molecule has 1 aliphatic carbocycles. The van der Waals surface area contributed by atoms with Gasteiger partial charge in [0.15, 0.2) is 5.76 Å². The van der Waals surface area contributed by atoms with Gasteiger partial charge in [-0.15, -0.1) is 0 Å². The second-order valence-corrected chi connectivity index (χ2v) is 5.91. The van der Waals surface area contributed by atoms with E-state index in [1.165, 1.54) is 16.7 Å². The van der Waals surface area contributed by atoms with Crippen LogP contribution in [0, 0.1) is 0 Å². The summed E-state index contributed by atoms with van der Waals surface area (Å²) in [4.78, 5) is 9.46. The minimum atomic E-state index is 0.777.